The predicted octanol–water partition coefficient (Wildman–Crippen LogP) is 3.59. The standard InChI is InChI=1S/C21H20N2O5S/c1-13(24)15-7-9-16(10-8-15)22-21(26)14(2)28-20(25)12-27-11-19-23-17-5-3-4-6-18(17)29-19/h3-10,14H,11-12H2,1-2H3,(H,22,26)/t14-/m1/s1. The average molecular weight is 412 g/mol. The number of hydrogen-bond acceptors (Lipinski definition) is 7. The molecule has 150 valence electrons. The third-order valence-corrected chi connectivity index (χ3v) is 5.03. The lowest BCUT2D eigenvalue weighted by atomic mass is 10.1. The minimum atomic E-state index is -0.985. The molecule has 0 saturated heterocycles. The van der Waals surface area contributed by atoms with E-state index < -0.39 is 18.0 Å². The van der Waals surface area contributed by atoms with Gasteiger partial charge in [-0.05, 0) is 50.2 Å². The van der Waals surface area contributed by atoms with E-state index in [1.807, 2.05) is 24.3 Å². The molecule has 1 N–H and O–H groups in total. The number of ketones is 1. The van der Waals surface area contributed by atoms with Crippen LogP contribution in [0.1, 0.15) is 29.2 Å². The van der Waals surface area contributed by atoms with Crippen molar-refractivity contribution in [1.82, 2.24) is 4.98 Å². The first-order valence-electron chi connectivity index (χ1n) is 8.96. The highest BCUT2D eigenvalue weighted by atomic mass is 32.1. The Morgan fingerprint density at radius 3 is 2.52 bits per heavy atom. The number of Topliss-reactive ketones (excluding diaryl/α,β-unsaturated/α-hetero) is 1. The lowest BCUT2D eigenvalue weighted by Crippen LogP contribution is -2.31. The van der Waals surface area contributed by atoms with Crippen molar-refractivity contribution >= 4 is 44.9 Å². The highest BCUT2D eigenvalue weighted by molar-refractivity contribution is 7.18. The van der Waals surface area contributed by atoms with Crippen molar-refractivity contribution in [3.63, 3.8) is 0 Å². The van der Waals surface area contributed by atoms with Crippen molar-refractivity contribution < 1.29 is 23.9 Å². The fourth-order valence-corrected chi connectivity index (χ4v) is 3.43. The van der Waals surface area contributed by atoms with Gasteiger partial charge in [0.05, 0.1) is 16.8 Å². The van der Waals surface area contributed by atoms with Gasteiger partial charge in [0.1, 0.15) is 11.6 Å². The van der Waals surface area contributed by atoms with Gasteiger partial charge < -0.3 is 14.8 Å². The van der Waals surface area contributed by atoms with E-state index in [1.54, 1.807) is 24.3 Å². The smallest absolute Gasteiger partial charge is 0.332 e. The molecule has 0 unspecified atom stereocenters. The number of aromatic nitrogens is 1. The largest absolute Gasteiger partial charge is 0.451 e. The number of hydrogen-bond donors (Lipinski definition) is 1. The molecule has 8 heteroatoms. The molecule has 3 rings (SSSR count). The van der Waals surface area contributed by atoms with Gasteiger partial charge in [0, 0.05) is 11.3 Å². The number of nitrogens with zero attached hydrogens (tertiary/aromatic N) is 1. The SMILES string of the molecule is CC(=O)c1ccc(NC(=O)[C@@H](C)OC(=O)COCc2nc3ccccc3s2)cc1. The monoisotopic (exact) mass is 412 g/mol. The van der Waals surface area contributed by atoms with Crippen LogP contribution in [0.4, 0.5) is 5.69 Å². The number of carbonyl (C=O) groups excluding carboxylic acids is 3. The van der Waals surface area contributed by atoms with E-state index in [-0.39, 0.29) is 19.0 Å². The fourth-order valence-electron chi connectivity index (χ4n) is 2.52. The summed E-state index contributed by atoms with van der Waals surface area (Å²) >= 11 is 1.50. The molecule has 1 atom stereocenters. The first kappa shape index (κ1) is 20.6. The molecule has 0 aliphatic rings. The number of nitrogens with one attached hydrogen (secondary N) is 1. The molecule has 3 aromatic rings. The highest BCUT2D eigenvalue weighted by Crippen LogP contribution is 2.21. The van der Waals surface area contributed by atoms with Gasteiger partial charge in [-0.1, -0.05) is 12.1 Å². The second-order valence-electron chi connectivity index (χ2n) is 6.32. The summed E-state index contributed by atoms with van der Waals surface area (Å²) in [5.41, 5.74) is 1.95. The van der Waals surface area contributed by atoms with Crippen LogP contribution < -0.4 is 5.32 Å². The Balaban J connectivity index is 1.43. The van der Waals surface area contributed by atoms with Gasteiger partial charge >= 0.3 is 5.97 Å². The van der Waals surface area contributed by atoms with E-state index in [1.165, 1.54) is 25.2 Å². The lowest BCUT2D eigenvalue weighted by Gasteiger charge is -2.13. The first-order valence-corrected chi connectivity index (χ1v) is 9.77. The van der Waals surface area contributed by atoms with Crippen molar-refractivity contribution in [2.75, 3.05) is 11.9 Å². The van der Waals surface area contributed by atoms with Crippen LogP contribution in [0.15, 0.2) is 48.5 Å². The molecule has 0 spiro atoms. The minimum Gasteiger partial charge on any atom is -0.451 e. The average Bonchev–Trinajstić information content (AvgIpc) is 3.11. The summed E-state index contributed by atoms with van der Waals surface area (Å²) < 4.78 is 11.5. The number of fused-ring (bicyclic) bond motifs is 1. The molecule has 1 heterocycles. The van der Waals surface area contributed by atoms with E-state index in [9.17, 15) is 14.4 Å². The molecular formula is C21H20N2O5S. The molecule has 0 bridgehead atoms. The number of para-hydroxylation sites is 1. The molecule has 0 saturated carbocycles. The Morgan fingerprint density at radius 2 is 1.83 bits per heavy atom. The molecule has 29 heavy (non-hydrogen) atoms. The zero-order valence-electron chi connectivity index (χ0n) is 16.0. The van der Waals surface area contributed by atoms with Crippen LogP contribution in [0.5, 0.6) is 0 Å². The summed E-state index contributed by atoms with van der Waals surface area (Å²) in [5.74, 6) is -1.17. The number of rotatable bonds is 8. The summed E-state index contributed by atoms with van der Waals surface area (Å²) in [6.07, 6.45) is -0.985. The van der Waals surface area contributed by atoms with Crippen LogP contribution >= 0.6 is 11.3 Å². The maximum Gasteiger partial charge on any atom is 0.332 e. The molecule has 1 aromatic heterocycles. The Bertz CT molecular complexity index is 996. The van der Waals surface area contributed by atoms with Gasteiger partial charge in [0.2, 0.25) is 0 Å². The second-order valence-corrected chi connectivity index (χ2v) is 7.44. The van der Waals surface area contributed by atoms with Crippen LogP contribution in [0.3, 0.4) is 0 Å². The Hall–Kier alpha value is -3.10. The summed E-state index contributed by atoms with van der Waals surface area (Å²) in [4.78, 5) is 39.8. The Kier molecular flexibility index (Phi) is 6.69. The van der Waals surface area contributed by atoms with Gasteiger partial charge in [0.15, 0.2) is 11.9 Å². The summed E-state index contributed by atoms with van der Waals surface area (Å²) in [5, 5.41) is 3.40. The number of carbonyl (C=O) groups is 3. The van der Waals surface area contributed by atoms with Crippen molar-refractivity contribution in [2.45, 2.75) is 26.6 Å². The highest BCUT2D eigenvalue weighted by Gasteiger charge is 2.18. The summed E-state index contributed by atoms with van der Waals surface area (Å²) in [6, 6.07) is 14.2. The maximum atomic E-state index is 12.2. The number of thiazole rings is 1. The van der Waals surface area contributed by atoms with Crippen molar-refractivity contribution in [3.8, 4) is 0 Å². The second kappa shape index (κ2) is 9.40. The maximum absolute atomic E-state index is 12.2. The van der Waals surface area contributed by atoms with Crippen LogP contribution in [0.25, 0.3) is 10.2 Å². The predicted molar refractivity (Wildman–Crippen MR) is 110 cm³/mol. The first-order chi connectivity index (χ1) is 13.9. The molecule has 7 nitrogen and oxygen atoms in total. The molecule has 0 fully saturated rings. The van der Waals surface area contributed by atoms with Crippen molar-refractivity contribution in [2.24, 2.45) is 0 Å². The van der Waals surface area contributed by atoms with Crippen LogP contribution in [-0.4, -0.2) is 35.4 Å². The summed E-state index contributed by atoms with van der Waals surface area (Å²) in [7, 11) is 0. The van der Waals surface area contributed by atoms with Crippen LogP contribution in [0.2, 0.25) is 0 Å². The summed E-state index contributed by atoms with van der Waals surface area (Å²) in [6.45, 7) is 2.86. The van der Waals surface area contributed by atoms with Crippen molar-refractivity contribution in [3.05, 3.63) is 59.1 Å². The van der Waals surface area contributed by atoms with Crippen LogP contribution in [-0.2, 0) is 25.7 Å². The molecule has 0 aliphatic carbocycles. The van der Waals surface area contributed by atoms with E-state index in [4.69, 9.17) is 9.47 Å². The zero-order chi connectivity index (χ0) is 20.8. The molecule has 1 amide bonds. The third kappa shape index (κ3) is 5.69. The van der Waals surface area contributed by atoms with Gasteiger partial charge in [-0.2, -0.15) is 0 Å². The number of ether oxygens (including phenoxy) is 2. The number of esters is 1. The van der Waals surface area contributed by atoms with E-state index in [2.05, 4.69) is 10.3 Å². The Morgan fingerprint density at radius 1 is 1.10 bits per heavy atom. The molecule has 0 radical (unpaired) electrons. The molecular weight excluding hydrogens is 392 g/mol. The topological polar surface area (TPSA) is 94.6 Å². The Labute approximate surface area is 171 Å². The van der Waals surface area contributed by atoms with E-state index in [0.717, 1.165) is 15.2 Å². The minimum absolute atomic E-state index is 0.0592. The molecule has 2 aromatic carbocycles. The van der Waals surface area contributed by atoms with Gasteiger partial charge in [-0.3, -0.25) is 9.59 Å². The quantitative estimate of drug-likeness (QED) is 0.449. The van der Waals surface area contributed by atoms with Crippen LogP contribution in [0, 0.1) is 0 Å². The lowest BCUT2D eigenvalue weighted by molar-refractivity contribution is -0.157. The normalized spacial score (nSPS) is 11.8. The van der Waals surface area contributed by atoms with E-state index >= 15 is 0 Å². The van der Waals surface area contributed by atoms with Gasteiger partial charge in [0.25, 0.3) is 5.91 Å². The number of anilines is 1. The van der Waals surface area contributed by atoms with Crippen molar-refractivity contribution in [1.29, 1.82) is 0 Å². The number of benzene rings is 2. The third-order valence-electron chi connectivity index (χ3n) is 4.02. The number of amides is 1. The van der Waals surface area contributed by atoms with Gasteiger partial charge in [-0.15, -0.1) is 11.3 Å². The fraction of sp³-hybridized carbons (Fsp3) is 0.238. The molecule has 0 aliphatic heterocycles. The van der Waals surface area contributed by atoms with E-state index in [0.29, 0.717) is 11.3 Å². The zero-order valence-corrected chi connectivity index (χ0v) is 16.8. The van der Waals surface area contributed by atoms with Gasteiger partial charge in [-0.25, -0.2) is 9.78 Å².